The van der Waals surface area contributed by atoms with Crippen LogP contribution in [0.25, 0.3) is 0 Å². The first-order valence-electron chi connectivity index (χ1n) is 5.67. The molecule has 1 fully saturated rings. The van der Waals surface area contributed by atoms with Gasteiger partial charge < -0.3 is 9.90 Å². The van der Waals surface area contributed by atoms with Gasteiger partial charge in [0.1, 0.15) is 6.29 Å². The average Bonchev–Trinajstić information content (AvgIpc) is 2.25. The van der Waals surface area contributed by atoms with Crippen molar-refractivity contribution in [3.05, 3.63) is 0 Å². The van der Waals surface area contributed by atoms with E-state index < -0.39 is 0 Å². The van der Waals surface area contributed by atoms with Crippen LogP contribution in [0.2, 0.25) is 0 Å². The molecule has 0 amide bonds. The molecule has 0 saturated heterocycles. The molecular formula is C11H21NO2. The summed E-state index contributed by atoms with van der Waals surface area (Å²) in [4.78, 5) is 12.6. The van der Waals surface area contributed by atoms with Crippen LogP contribution < -0.4 is 0 Å². The Morgan fingerprint density at radius 1 is 1.21 bits per heavy atom. The lowest BCUT2D eigenvalue weighted by Crippen LogP contribution is -2.39. The van der Waals surface area contributed by atoms with Gasteiger partial charge in [-0.25, -0.2) is 0 Å². The number of carbonyl (C=O) groups is 1. The van der Waals surface area contributed by atoms with E-state index in [1.165, 1.54) is 32.1 Å². The quantitative estimate of drug-likeness (QED) is 0.653. The minimum absolute atomic E-state index is 0.204. The van der Waals surface area contributed by atoms with Crippen molar-refractivity contribution in [3.63, 3.8) is 0 Å². The first-order chi connectivity index (χ1) is 6.88. The van der Waals surface area contributed by atoms with Crippen LogP contribution in [0, 0.1) is 0 Å². The summed E-state index contributed by atoms with van der Waals surface area (Å²) >= 11 is 0. The number of aliphatic hydroxyl groups excluding tert-OH is 1. The van der Waals surface area contributed by atoms with Gasteiger partial charge in [0.2, 0.25) is 0 Å². The van der Waals surface area contributed by atoms with Crippen molar-refractivity contribution in [2.75, 3.05) is 19.7 Å². The Balaban J connectivity index is 2.33. The smallest absolute Gasteiger partial charge is 0.121 e. The Bertz CT molecular complexity index is 155. The standard InChI is InChI=1S/C11H21NO2/c13-9-4-7-12(8-10-14)11-5-2-1-3-6-11/h9,11,14H,1-8,10H2. The van der Waals surface area contributed by atoms with Crippen LogP contribution >= 0.6 is 0 Å². The van der Waals surface area contributed by atoms with Gasteiger partial charge in [0.15, 0.2) is 0 Å². The van der Waals surface area contributed by atoms with Gasteiger partial charge in [0.25, 0.3) is 0 Å². The maximum atomic E-state index is 10.3. The van der Waals surface area contributed by atoms with Crippen LogP contribution in [0.5, 0.6) is 0 Å². The third-order valence-electron chi connectivity index (χ3n) is 3.01. The number of aliphatic hydroxyl groups is 1. The van der Waals surface area contributed by atoms with Crippen LogP contribution in [-0.4, -0.2) is 42.0 Å². The Morgan fingerprint density at radius 3 is 2.50 bits per heavy atom. The zero-order valence-corrected chi connectivity index (χ0v) is 8.82. The molecule has 1 saturated carbocycles. The summed E-state index contributed by atoms with van der Waals surface area (Å²) in [6.45, 7) is 1.74. The number of aldehydes is 1. The summed E-state index contributed by atoms with van der Waals surface area (Å²) in [6.07, 6.45) is 7.97. The number of nitrogens with zero attached hydrogens (tertiary/aromatic N) is 1. The predicted molar refractivity (Wildman–Crippen MR) is 56.2 cm³/mol. The highest BCUT2D eigenvalue weighted by molar-refractivity contribution is 5.49. The van der Waals surface area contributed by atoms with Crippen molar-refractivity contribution in [1.29, 1.82) is 0 Å². The minimum Gasteiger partial charge on any atom is -0.395 e. The molecule has 3 heteroatoms. The van der Waals surface area contributed by atoms with E-state index in [9.17, 15) is 4.79 Å². The Hall–Kier alpha value is -0.410. The fourth-order valence-corrected chi connectivity index (χ4v) is 2.27. The summed E-state index contributed by atoms with van der Waals surface area (Å²) in [5.41, 5.74) is 0. The maximum absolute atomic E-state index is 10.3. The van der Waals surface area contributed by atoms with Gasteiger partial charge in [-0.1, -0.05) is 19.3 Å². The molecule has 0 unspecified atom stereocenters. The predicted octanol–water partition coefficient (Wildman–Crippen LogP) is 1.20. The zero-order valence-electron chi connectivity index (χ0n) is 8.82. The molecule has 0 atom stereocenters. The molecule has 1 rings (SSSR count). The summed E-state index contributed by atoms with van der Waals surface area (Å²) in [6, 6.07) is 0.607. The third-order valence-corrected chi connectivity index (χ3v) is 3.01. The SMILES string of the molecule is O=CCCN(CCO)C1CCCCC1. The van der Waals surface area contributed by atoms with Gasteiger partial charge in [0.05, 0.1) is 6.61 Å². The minimum atomic E-state index is 0.204. The fourth-order valence-electron chi connectivity index (χ4n) is 2.27. The van der Waals surface area contributed by atoms with E-state index in [2.05, 4.69) is 4.90 Å². The van der Waals surface area contributed by atoms with Gasteiger partial charge in [-0.15, -0.1) is 0 Å². The average molecular weight is 199 g/mol. The second-order valence-electron chi connectivity index (χ2n) is 4.01. The van der Waals surface area contributed by atoms with Crippen LogP contribution in [0.4, 0.5) is 0 Å². The van der Waals surface area contributed by atoms with Crippen LogP contribution in [-0.2, 0) is 4.79 Å². The lowest BCUT2D eigenvalue weighted by Gasteiger charge is -2.33. The van der Waals surface area contributed by atoms with Crippen molar-refractivity contribution in [2.45, 2.75) is 44.6 Å². The monoisotopic (exact) mass is 199 g/mol. The van der Waals surface area contributed by atoms with Crippen LogP contribution in [0.15, 0.2) is 0 Å². The number of hydrogen-bond donors (Lipinski definition) is 1. The van der Waals surface area contributed by atoms with Gasteiger partial charge in [-0.3, -0.25) is 4.90 Å². The molecule has 0 heterocycles. The molecule has 1 aliphatic rings. The summed E-state index contributed by atoms with van der Waals surface area (Å²) in [7, 11) is 0. The lowest BCUT2D eigenvalue weighted by atomic mass is 9.94. The van der Waals surface area contributed by atoms with Crippen molar-refractivity contribution >= 4 is 6.29 Å². The number of carbonyl (C=O) groups excluding carboxylic acids is 1. The molecule has 0 aromatic carbocycles. The van der Waals surface area contributed by atoms with Gasteiger partial charge >= 0.3 is 0 Å². The first-order valence-corrected chi connectivity index (χ1v) is 5.67. The van der Waals surface area contributed by atoms with Gasteiger partial charge in [0, 0.05) is 25.6 Å². The van der Waals surface area contributed by atoms with Crippen molar-refractivity contribution < 1.29 is 9.90 Å². The second kappa shape index (κ2) is 6.96. The van der Waals surface area contributed by atoms with Crippen molar-refractivity contribution in [1.82, 2.24) is 4.90 Å². The van der Waals surface area contributed by atoms with Crippen molar-refractivity contribution in [2.24, 2.45) is 0 Å². The van der Waals surface area contributed by atoms with Crippen LogP contribution in [0.3, 0.4) is 0 Å². The lowest BCUT2D eigenvalue weighted by molar-refractivity contribution is -0.108. The van der Waals surface area contributed by atoms with E-state index >= 15 is 0 Å². The molecule has 0 aromatic rings. The van der Waals surface area contributed by atoms with E-state index in [-0.39, 0.29) is 6.61 Å². The first kappa shape index (κ1) is 11.7. The van der Waals surface area contributed by atoms with E-state index in [1.54, 1.807) is 0 Å². The largest absolute Gasteiger partial charge is 0.395 e. The van der Waals surface area contributed by atoms with E-state index in [0.29, 0.717) is 12.5 Å². The number of rotatable bonds is 6. The van der Waals surface area contributed by atoms with Gasteiger partial charge in [-0.2, -0.15) is 0 Å². The third kappa shape index (κ3) is 3.76. The molecular weight excluding hydrogens is 178 g/mol. The second-order valence-corrected chi connectivity index (χ2v) is 4.01. The topological polar surface area (TPSA) is 40.5 Å². The number of hydrogen-bond acceptors (Lipinski definition) is 3. The summed E-state index contributed by atoms with van der Waals surface area (Å²) < 4.78 is 0. The highest BCUT2D eigenvalue weighted by Gasteiger charge is 2.19. The molecule has 1 aliphatic carbocycles. The molecule has 0 spiro atoms. The Morgan fingerprint density at radius 2 is 1.93 bits per heavy atom. The Labute approximate surface area is 86.1 Å². The van der Waals surface area contributed by atoms with Crippen molar-refractivity contribution in [3.8, 4) is 0 Å². The van der Waals surface area contributed by atoms with E-state index in [4.69, 9.17) is 5.11 Å². The summed E-state index contributed by atoms with van der Waals surface area (Å²) in [5, 5.41) is 8.94. The normalized spacial score (nSPS) is 18.7. The van der Waals surface area contributed by atoms with Crippen LogP contribution in [0.1, 0.15) is 38.5 Å². The highest BCUT2D eigenvalue weighted by atomic mass is 16.3. The van der Waals surface area contributed by atoms with Gasteiger partial charge in [-0.05, 0) is 12.8 Å². The molecule has 0 bridgehead atoms. The Kier molecular flexibility index (Phi) is 5.80. The molecule has 0 aliphatic heterocycles. The molecule has 0 aromatic heterocycles. The fraction of sp³-hybridized carbons (Fsp3) is 0.909. The van der Waals surface area contributed by atoms with E-state index in [1.807, 2.05) is 0 Å². The molecule has 82 valence electrons. The molecule has 1 N–H and O–H groups in total. The van der Waals surface area contributed by atoms with E-state index in [0.717, 1.165) is 19.4 Å². The zero-order chi connectivity index (χ0) is 10.2. The molecule has 0 radical (unpaired) electrons. The maximum Gasteiger partial charge on any atom is 0.121 e. The molecule has 14 heavy (non-hydrogen) atoms. The summed E-state index contributed by atoms with van der Waals surface area (Å²) in [5.74, 6) is 0. The highest BCUT2D eigenvalue weighted by Crippen LogP contribution is 2.22. The molecule has 3 nitrogen and oxygen atoms in total.